The number of nitrogens with two attached hydrogens (primary N) is 1. The number of ether oxygens (including phenoxy) is 1. The molecule has 1 aromatic heterocycles. The topological polar surface area (TPSA) is 112 Å². The van der Waals surface area contributed by atoms with Crippen LogP contribution in [0.1, 0.15) is 19.7 Å². The molecule has 1 unspecified atom stereocenters. The maximum absolute atomic E-state index is 12.5. The second kappa shape index (κ2) is 10.3. The number of urea groups is 1. The maximum Gasteiger partial charge on any atom is 0.318 e. The highest BCUT2D eigenvalue weighted by Gasteiger charge is 2.28. The number of nitrogens with one attached hydrogen (secondary N) is 1. The molecule has 0 spiro atoms. The third-order valence-corrected chi connectivity index (χ3v) is 6.05. The fraction of sp³-hybridized carbons (Fsp3) is 0.238. The average molecular weight is 460 g/mol. The molecule has 1 heterocycles. The highest BCUT2D eigenvalue weighted by molar-refractivity contribution is 8.00. The molecule has 162 valence electrons. The van der Waals surface area contributed by atoms with Crippen LogP contribution in [0.3, 0.4) is 0 Å². The van der Waals surface area contributed by atoms with Crippen molar-refractivity contribution in [3.05, 3.63) is 65.4 Å². The number of primary amides is 1. The van der Waals surface area contributed by atoms with Gasteiger partial charge in [0.25, 0.3) is 0 Å². The number of amides is 3. The zero-order valence-corrected chi connectivity index (χ0v) is 18.6. The number of aromatic nitrogens is 3. The molecule has 2 aromatic carbocycles. The Kier molecular flexibility index (Phi) is 7.54. The van der Waals surface area contributed by atoms with E-state index in [1.54, 1.807) is 12.1 Å². The van der Waals surface area contributed by atoms with Gasteiger partial charge in [0, 0.05) is 5.69 Å². The van der Waals surface area contributed by atoms with Gasteiger partial charge in [-0.05, 0) is 30.2 Å². The molecule has 0 bridgehead atoms. The van der Waals surface area contributed by atoms with E-state index >= 15 is 0 Å². The van der Waals surface area contributed by atoms with Crippen molar-refractivity contribution < 1.29 is 14.3 Å². The predicted octanol–water partition coefficient (Wildman–Crippen LogP) is 3.81. The summed E-state index contributed by atoms with van der Waals surface area (Å²) >= 11 is 7.38. The zero-order valence-electron chi connectivity index (χ0n) is 17.0. The van der Waals surface area contributed by atoms with E-state index in [0.29, 0.717) is 21.8 Å². The van der Waals surface area contributed by atoms with Crippen LogP contribution in [-0.2, 0) is 11.4 Å². The molecule has 0 aliphatic heterocycles. The van der Waals surface area contributed by atoms with Crippen LogP contribution in [-0.4, -0.2) is 32.0 Å². The summed E-state index contributed by atoms with van der Waals surface area (Å²) in [5.74, 6) is 0.491. The molecule has 8 nitrogen and oxygen atoms in total. The molecule has 3 N–H and O–H groups in total. The van der Waals surface area contributed by atoms with Crippen molar-refractivity contribution in [2.45, 2.75) is 30.9 Å². The van der Waals surface area contributed by atoms with Crippen molar-refractivity contribution in [1.82, 2.24) is 20.1 Å². The Morgan fingerprint density at radius 3 is 2.45 bits per heavy atom. The van der Waals surface area contributed by atoms with Gasteiger partial charge in [0.1, 0.15) is 12.4 Å². The summed E-state index contributed by atoms with van der Waals surface area (Å²) in [6.07, 6.45) is 0. The second-order valence-electron chi connectivity index (χ2n) is 6.92. The van der Waals surface area contributed by atoms with Crippen molar-refractivity contribution in [1.29, 1.82) is 0 Å². The molecular formula is C21H22ClN5O3S. The van der Waals surface area contributed by atoms with E-state index in [4.69, 9.17) is 22.1 Å². The SMILES string of the molecule is CC(C)C(Sc1nnc(COc2ccccc2Cl)n1-c1ccccc1)C(=O)NC(N)=O. The standard InChI is InChI=1S/C21H22ClN5O3S/c1-13(2)18(19(28)24-20(23)29)31-21-26-25-17(27(21)14-8-4-3-5-9-14)12-30-16-11-7-6-10-15(16)22/h3-11,13,18H,12H2,1-2H3,(H3,23,24,28,29). The number of nitrogens with zero attached hydrogens (tertiary/aromatic N) is 3. The molecule has 0 aliphatic rings. The van der Waals surface area contributed by atoms with Crippen LogP contribution < -0.4 is 15.8 Å². The van der Waals surface area contributed by atoms with Gasteiger partial charge < -0.3 is 10.5 Å². The fourth-order valence-electron chi connectivity index (χ4n) is 2.81. The molecular weight excluding hydrogens is 438 g/mol. The summed E-state index contributed by atoms with van der Waals surface area (Å²) in [6.45, 7) is 3.87. The van der Waals surface area contributed by atoms with E-state index in [0.717, 1.165) is 5.69 Å². The minimum Gasteiger partial charge on any atom is -0.484 e. The largest absolute Gasteiger partial charge is 0.484 e. The van der Waals surface area contributed by atoms with Crippen molar-refractivity contribution in [2.24, 2.45) is 11.7 Å². The lowest BCUT2D eigenvalue weighted by molar-refractivity contribution is -0.120. The Hall–Kier alpha value is -3.04. The van der Waals surface area contributed by atoms with Gasteiger partial charge in [-0.3, -0.25) is 14.7 Å². The molecule has 10 heteroatoms. The van der Waals surface area contributed by atoms with E-state index < -0.39 is 17.2 Å². The Bertz CT molecular complexity index is 1060. The van der Waals surface area contributed by atoms with Gasteiger partial charge in [0.15, 0.2) is 11.0 Å². The zero-order chi connectivity index (χ0) is 22.4. The number of imide groups is 1. The lowest BCUT2D eigenvalue weighted by atomic mass is 10.1. The number of hydrogen-bond acceptors (Lipinski definition) is 6. The molecule has 3 aromatic rings. The molecule has 3 rings (SSSR count). The van der Waals surface area contributed by atoms with E-state index in [1.807, 2.05) is 60.9 Å². The van der Waals surface area contributed by atoms with Crippen LogP contribution in [0, 0.1) is 5.92 Å². The Labute approximate surface area is 189 Å². The van der Waals surface area contributed by atoms with E-state index in [1.165, 1.54) is 11.8 Å². The quantitative estimate of drug-likeness (QED) is 0.495. The molecule has 1 atom stereocenters. The summed E-state index contributed by atoms with van der Waals surface area (Å²) in [5.41, 5.74) is 5.93. The average Bonchev–Trinajstić information content (AvgIpc) is 3.13. The number of thioether (sulfide) groups is 1. The van der Waals surface area contributed by atoms with Gasteiger partial charge in [-0.2, -0.15) is 0 Å². The molecule has 0 saturated carbocycles. The van der Waals surface area contributed by atoms with Gasteiger partial charge in [-0.1, -0.05) is 67.5 Å². The molecule has 0 saturated heterocycles. The molecule has 31 heavy (non-hydrogen) atoms. The normalized spacial score (nSPS) is 11.9. The first-order valence-corrected chi connectivity index (χ1v) is 10.8. The van der Waals surface area contributed by atoms with Crippen LogP contribution in [0.2, 0.25) is 5.02 Å². The van der Waals surface area contributed by atoms with E-state index in [-0.39, 0.29) is 12.5 Å². The van der Waals surface area contributed by atoms with Crippen LogP contribution in [0.15, 0.2) is 59.8 Å². The lowest BCUT2D eigenvalue weighted by Gasteiger charge is -2.19. The van der Waals surface area contributed by atoms with Gasteiger partial charge in [-0.25, -0.2) is 4.79 Å². The highest BCUT2D eigenvalue weighted by atomic mass is 35.5. The Balaban J connectivity index is 1.92. The minimum absolute atomic E-state index is 0.0897. The smallest absolute Gasteiger partial charge is 0.318 e. The van der Waals surface area contributed by atoms with Crippen molar-refractivity contribution in [2.75, 3.05) is 0 Å². The first-order chi connectivity index (χ1) is 14.9. The van der Waals surface area contributed by atoms with Gasteiger partial charge in [-0.15, -0.1) is 10.2 Å². The van der Waals surface area contributed by atoms with Crippen LogP contribution >= 0.6 is 23.4 Å². The third-order valence-electron chi connectivity index (χ3n) is 4.25. The second-order valence-corrected chi connectivity index (χ2v) is 8.44. The third kappa shape index (κ3) is 5.77. The number of hydrogen-bond donors (Lipinski definition) is 2. The number of rotatable bonds is 8. The van der Waals surface area contributed by atoms with Crippen molar-refractivity contribution in [3.8, 4) is 11.4 Å². The lowest BCUT2D eigenvalue weighted by Crippen LogP contribution is -2.42. The molecule has 0 aliphatic carbocycles. The summed E-state index contributed by atoms with van der Waals surface area (Å²) in [5, 5.41) is 11.1. The van der Waals surface area contributed by atoms with Crippen LogP contribution in [0.4, 0.5) is 4.79 Å². The summed E-state index contributed by atoms with van der Waals surface area (Å²) < 4.78 is 7.66. The predicted molar refractivity (Wildman–Crippen MR) is 119 cm³/mol. The molecule has 3 amide bonds. The van der Waals surface area contributed by atoms with Gasteiger partial charge in [0.05, 0.1) is 10.3 Å². The van der Waals surface area contributed by atoms with Crippen molar-refractivity contribution in [3.63, 3.8) is 0 Å². The number of carbonyl (C=O) groups excluding carboxylic acids is 2. The first-order valence-electron chi connectivity index (χ1n) is 9.50. The highest BCUT2D eigenvalue weighted by Crippen LogP contribution is 2.31. The molecule has 0 radical (unpaired) electrons. The number of carbonyl (C=O) groups is 2. The monoisotopic (exact) mass is 459 g/mol. The van der Waals surface area contributed by atoms with E-state index in [9.17, 15) is 9.59 Å². The Morgan fingerprint density at radius 1 is 1.13 bits per heavy atom. The number of para-hydroxylation sites is 2. The summed E-state index contributed by atoms with van der Waals surface area (Å²) in [7, 11) is 0. The van der Waals surface area contributed by atoms with Crippen LogP contribution in [0.25, 0.3) is 5.69 Å². The number of halogens is 1. The van der Waals surface area contributed by atoms with Crippen molar-refractivity contribution >= 4 is 35.3 Å². The maximum atomic E-state index is 12.5. The van der Waals surface area contributed by atoms with Gasteiger partial charge >= 0.3 is 6.03 Å². The fourth-order valence-corrected chi connectivity index (χ4v) is 4.07. The molecule has 0 fully saturated rings. The Morgan fingerprint density at radius 2 is 1.81 bits per heavy atom. The van der Waals surface area contributed by atoms with E-state index in [2.05, 4.69) is 15.5 Å². The summed E-state index contributed by atoms with van der Waals surface area (Å²) in [4.78, 5) is 23.6. The van der Waals surface area contributed by atoms with Crippen LogP contribution in [0.5, 0.6) is 5.75 Å². The minimum atomic E-state index is -0.894. The first kappa shape index (κ1) is 22.6. The van der Waals surface area contributed by atoms with Gasteiger partial charge in [0.2, 0.25) is 5.91 Å². The number of benzene rings is 2. The summed E-state index contributed by atoms with van der Waals surface area (Å²) in [6, 6.07) is 15.8.